The first-order valence-corrected chi connectivity index (χ1v) is 7.73. The highest BCUT2D eigenvalue weighted by Gasteiger charge is 2.35. The molecule has 0 saturated heterocycles. The van der Waals surface area contributed by atoms with Crippen molar-refractivity contribution in [3.63, 3.8) is 0 Å². The highest BCUT2D eigenvalue weighted by molar-refractivity contribution is 9.10. The predicted octanol–water partition coefficient (Wildman–Crippen LogP) is 3.73. The molecule has 22 heavy (non-hydrogen) atoms. The first-order valence-electron chi connectivity index (χ1n) is 6.94. The predicted molar refractivity (Wildman–Crippen MR) is 89.0 cm³/mol. The molecule has 1 N–H and O–H groups in total. The third kappa shape index (κ3) is 2.52. The summed E-state index contributed by atoms with van der Waals surface area (Å²) in [5.41, 5.74) is 4.16. The third-order valence-corrected chi connectivity index (χ3v) is 4.37. The van der Waals surface area contributed by atoms with Gasteiger partial charge in [-0.25, -0.2) is 0 Å². The van der Waals surface area contributed by atoms with Crippen molar-refractivity contribution in [3.8, 4) is 0 Å². The van der Waals surface area contributed by atoms with Gasteiger partial charge in [-0.15, -0.1) is 0 Å². The van der Waals surface area contributed by atoms with Crippen molar-refractivity contribution in [1.29, 1.82) is 0 Å². The van der Waals surface area contributed by atoms with Gasteiger partial charge in [0.2, 0.25) is 0 Å². The first kappa shape index (κ1) is 14.8. The van der Waals surface area contributed by atoms with Crippen LogP contribution in [0.5, 0.6) is 0 Å². The van der Waals surface area contributed by atoms with Crippen molar-refractivity contribution in [2.75, 3.05) is 12.0 Å². The molecule has 0 atom stereocenters. The Balaban J connectivity index is 1.78. The summed E-state index contributed by atoms with van der Waals surface area (Å²) in [5, 5.41) is 3.14. The molecule has 2 aromatic rings. The maximum Gasteiger partial charge on any atom is 0.263 e. The van der Waals surface area contributed by atoms with Gasteiger partial charge in [0, 0.05) is 10.2 Å². The number of rotatable bonds is 3. The lowest BCUT2D eigenvalue weighted by Crippen LogP contribution is -2.34. The number of fused-ring (bicyclic) bond motifs is 1. The van der Waals surface area contributed by atoms with E-state index < -0.39 is 0 Å². The van der Waals surface area contributed by atoms with Crippen molar-refractivity contribution in [2.45, 2.75) is 13.8 Å². The summed E-state index contributed by atoms with van der Waals surface area (Å²) >= 11 is 3.32. The van der Waals surface area contributed by atoms with E-state index in [0.29, 0.717) is 11.1 Å². The number of hydrogen-bond donors (Lipinski definition) is 1. The molecule has 0 aliphatic carbocycles. The standard InChI is InChI=1S/C17H15BrN2O2/c1-10-3-5-13(7-11(10)2)19-9-20-16(21)14-6-4-12(18)8-15(14)17(20)22/h3-8,19H,9H2,1-2H3. The largest absolute Gasteiger partial charge is 0.367 e. The molecule has 0 radical (unpaired) electrons. The average molecular weight is 359 g/mol. The summed E-state index contributed by atoms with van der Waals surface area (Å²) in [6.07, 6.45) is 0. The lowest BCUT2D eigenvalue weighted by Gasteiger charge is -2.16. The molecular weight excluding hydrogens is 344 g/mol. The van der Waals surface area contributed by atoms with Crippen LogP contribution in [0.2, 0.25) is 0 Å². The van der Waals surface area contributed by atoms with Crippen LogP contribution in [0.15, 0.2) is 40.9 Å². The number of nitrogens with one attached hydrogen (secondary N) is 1. The van der Waals surface area contributed by atoms with Crippen LogP contribution in [0.1, 0.15) is 31.8 Å². The molecule has 4 nitrogen and oxygen atoms in total. The number of carbonyl (C=O) groups excluding carboxylic acids is 2. The summed E-state index contributed by atoms with van der Waals surface area (Å²) in [6, 6.07) is 11.1. The number of benzene rings is 2. The number of aryl methyl sites for hydroxylation is 2. The normalized spacial score (nSPS) is 13.5. The van der Waals surface area contributed by atoms with Gasteiger partial charge in [-0.3, -0.25) is 14.5 Å². The Morgan fingerprint density at radius 2 is 1.68 bits per heavy atom. The molecule has 1 aliphatic rings. The van der Waals surface area contributed by atoms with Gasteiger partial charge in [0.05, 0.1) is 17.8 Å². The van der Waals surface area contributed by atoms with Crippen LogP contribution < -0.4 is 5.32 Å². The highest BCUT2D eigenvalue weighted by atomic mass is 79.9. The first-order chi connectivity index (χ1) is 10.5. The fourth-order valence-electron chi connectivity index (χ4n) is 2.43. The second-order valence-electron chi connectivity index (χ2n) is 5.36. The molecule has 0 unspecified atom stereocenters. The summed E-state index contributed by atoms with van der Waals surface area (Å²) in [4.78, 5) is 25.9. The molecule has 5 heteroatoms. The van der Waals surface area contributed by atoms with Gasteiger partial charge >= 0.3 is 0 Å². The molecule has 0 bridgehead atoms. The number of carbonyl (C=O) groups is 2. The van der Waals surface area contributed by atoms with E-state index in [0.717, 1.165) is 15.7 Å². The van der Waals surface area contributed by atoms with E-state index >= 15 is 0 Å². The molecule has 3 rings (SSSR count). The number of halogens is 1. The van der Waals surface area contributed by atoms with Crippen LogP contribution >= 0.6 is 15.9 Å². The lowest BCUT2D eigenvalue weighted by molar-refractivity contribution is 0.0666. The van der Waals surface area contributed by atoms with Gasteiger partial charge in [-0.1, -0.05) is 22.0 Å². The SMILES string of the molecule is Cc1ccc(NCN2C(=O)c3ccc(Br)cc3C2=O)cc1C. The number of imide groups is 1. The zero-order valence-corrected chi connectivity index (χ0v) is 13.9. The molecule has 112 valence electrons. The fraction of sp³-hybridized carbons (Fsp3) is 0.176. The van der Waals surface area contributed by atoms with E-state index in [4.69, 9.17) is 0 Å². The van der Waals surface area contributed by atoms with Crippen LogP contribution in [0.3, 0.4) is 0 Å². The Labute approximate surface area is 137 Å². The molecule has 1 aliphatic heterocycles. The summed E-state index contributed by atoms with van der Waals surface area (Å²) < 4.78 is 0.788. The lowest BCUT2D eigenvalue weighted by atomic mass is 10.1. The van der Waals surface area contributed by atoms with Gasteiger partial charge in [-0.2, -0.15) is 0 Å². The van der Waals surface area contributed by atoms with E-state index in [1.807, 2.05) is 32.0 Å². The minimum Gasteiger partial charge on any atom is -0.367 e. The van der Waals surface area contributed by atoms with E-state index in [9.17, 15) is 9.59 Å². The summed E-state index contributed by atoms with van der Waals surface area (Å²) in [5.74, 6) is -0.526. The van der Waals surface area contributed by atoms with E-state index in [2.05, 4.69) is 21.2 Å². The average Bonchev–Trinajstić information content (AvgIpc) is 2.72. The van der Waals surface area contributed by atoms with Crippen molar-refractivity contribution < 1.29 is 9.59 Å². The smallest absolute Gasteiger partial charge is 0.263 e. The zero-order chi connectivity index (χ0) is 15.9. The van der Waals surface area contributed by atoms with Gasteiger partial charge in [0.15, 0.2) is 0 Å². The Kier molecular flexibility index (Phi) is 3.74. The maximum atomic E-state index is 12.3. The second-order valence-corrected chi connectivity index (χ2v) is 6.28. The number of nitrogens with zero attached hydrogens (tertiary/aromatic N) is 1. The van der Waals surface area contributed by atoms with Crippen molar-refractivity contribution in [2.24, 2.45) is 0 Å². The topological polar surface area (TPSA) is 49.4 Å². The molecule has 0 spiro atoms. The van der Waals surface area contributed by atoms with Gasteiger partial charge < -0.3 is 5.32 Å². The van der Waals surface area contributed by atoms with Crippen LogP contribution in [0, 0.1) is 13.8 Å². The quantitative estimate of drug-likeness (QED) is 0.850. The van der Waals surface area contributed by atoms with Crippen molar-refractivity contribution in [3.05, 3.63) is 63.1 Å². The molecular formula is C17H15BrN2O2. The Hall–Kier alpha value is -2.14. The summed E-state index contributed by atoms with van der Waals surface area (Å²) in [6.45, 7) is 4.23. The molecule has 0 aromatic heterocycles. The van der Waals surface area contributed by atoms with Crippen LogP contribution in [0.4, 0.5) is 5.69 Å². The Morgan fingerprint density at radius 1 is 0.955 bits per heavy atom. The second kappa shape index (κ2) is 5.57. The van der Waals surface area contributed by atoms with Crippen LogP contribution in [-0.2, 0) is 0 Å². The highest BCUT2D eigenvalue weighted by Crippen LogP contribution is 2.26. The van der Waals surface area contributed by atoms with Crippen molar-refractivity contribution >= 4 is 33.4 Å². The molecule has 2 amide bonds. The van der Waals surface area contributed by atoms with E-state index in [-0.39, 0.29) is 18.5 Å². The Morgan fingerprint density at radius 3 is 2.41 bits per heavy atom. The molecule has 2 aromatic carbocycles. The Bertz CT molecular complexity index is 786. The molecule has 1 heterocycles. The zero-order valence-electron chi connectivity index (χ0n) is 12.3. The molecule has 0 fully saturated rings. The van der Waals surface area contributed by atoms with Gasteiger partial charge in [0.25, 0.3) is 11.8 Å². The summed E-state index contributed by atoms with van der Waals surface area (Å²) in [7, 11) is 0. The molecule has 0 saturated carbocycles. The van der Waals surface area contributed by atoms with Crippen LogP contribution in [0.25, 0.3) is 0 Å². The van der Waals surface area contributed by atoms with Crippen LogP contribution in [-0.4, -0.2) is 23.4 Å². The van der Waals surface area contributed by atoms with Gasteiger partial charge in [0.1, 0.15) is 0 Å². The third-order valence-electron chi connectivity index (χ3n) is 3.88. The van der Waals surface area contributed by atoms with E-state index in [1.165, 1.54) is 10.5 Å². The number of anilines is 1. The number of hydrogen-bond acceptors (Lipinski definition) is 3. The monoisotopic (exact) mass is 358 g/mol. The minimum atomic E-state index is -0.266. The minimum absolute atomic E-state index is 0.159. The fourth-order valence-corrected chi connectivity index (χ4v) is 2.79. The maximum absolute atomic E-state index is 12.3. The van der Waals surface area contributed by atoms with Crippen molar-refractivity contribution in [1.82, 2.24) is 4.90 Å². The van der Waals surface area contributed by atoms with Gasteiger partial charge in [-0.05, 0) is 55.3 Å². The van der Waals surface area contributed by atoms with E-state index in [1.54, 1.807) is 18.2 Å². The number of amides is 2.